The van der Waals surface area contributed by atoms with Gasteiger partial charge >= 0.3 is 0 Å². The molecule has 1 amide bonds. The van der Waals surface area contributed by atoms with Crippen LogP contribution in [0.1, 0.15) is 30.4 Å². The molecule has 1 saturated heterocycles. The largest absolute Gasteiger partial charge is 0.321 e. The average molecular weight is 630 g/mol. The lowest BCUT2D eigenvalue weighted by atomic mass is 10.2. The first kappa shape index (κ1) is 30.6. The predicted molar refractivity (Wildman–Crippen MR) is 167 cm³/mol. The minimum atomic E-state index is -3.76. The van der Waals surface area contributed by atoms with Crippen LogP contribution in [-0.4, -0.2) is 41.2 Å². The van der Waals surface area contributed by atoms with Gasteiger partial charge in [-0.2, -0.15) is 9.57 Å². The molecule has 224 valence electrons. The summed E-state index contributed by atoms with van der Waals surface area (Å²) in [5.41, 5.74) is 1.15. The SMILES string of the molecule is Cc1ccc(-n2c(=C(C#N)C(=O)Nc3cccc(S(=O)(=O)N4CCCCC4)c3)sc(=Cc3ccc([N+](=O)[O-])cc3)c2=O)cc1. The molecule has 1 N–H and O–H groups in total. The van der Waals surface area contributed by atoms with Crippen LogP contribution in [0.3, 0.4) is 0 Å². The molecular weight excluding hydrogens is 603 g/mol. The molecule has 4 aromatic rings. The zero-order chi connectivity index (χ0) is 31.4. The number of sulfonamides is 1. The fraction of sp³-hybridized carbons (Fsp3) is 0.194. The molecule has 1 aromatic heterocycles. The number of carbonyl (C=O) groups excluding carboxylic acids is 1. The Morgan fingerprint density at radius 3 is 2.36 bits per heavy atom. The summed E-state index contributed by atoms with van der Waals surface area (Å²) in [6.07, 6.45) is 4.07. The summed E-state index contributed by atoms with van der Waals surface area (Å²) in [6.45, 7) is 2.74. The van der Waals surface area contributed by atoms with Crippen molar-refractivity contribution in [3.05, 3.63) is 114 Å². The van der Waals surface area contributed by atoms with E-state index in [1.807, 2.05) is 13.0 Å². The third-order valence-electron chi connectivity index (χ3n) is 7.11. The van der Waals surface area contributed by atoms with E-state index in [0.29, 0.717) is 24.3 Å². The molecule has 3 aromatic carbocycles. The van der Waals surface area contributed by atoms with Crippen molar-refractivity contribution in [1.82, 2.24) is 8.87 Å². The molecule has 0 saturated carbocycles. The quantitative estimate of drug-likeness (QED) is 0.243. The first-order valence-corrected chi connectivity index (χ1v) is 16.0. The van der Waals surface area contributed by atoms with Gasteiger partial charge in [-0.1, -0.05) is 30.2 Å². The number of non-ortho nitro benzene ring substituents is 1. The van der Waals surface area contributed by atoms with Crippen molar-refractivity contribution < 1.29 is 18.1 Å². The summed E-state index contributed by atoms with van der Waals surface area (Å²) in [5, 5.41) is 23.8. The number of nitrogens with one attached hydrogen (secondary N) is 1. The van der Waals surface area contributed by atoms with Gasteiger partial charge in [0.2, 0.25) is 10.0 Å². The van der Waals surface area contributed by atoms with Crippen LogP contribution < -0.4 is 20.1 Å². The zero-order valence-electron chi connectivity index (χ0n) is 23.6. The minimum Gasteiger partial charge on any atom is -0.321 e. The number of amides is 1. The Hall–Kier alpha value is -4.90. The number of aryl methyl sites for hydroxylation is 1. The molecule has 13 heteroatoms. The van der Waals surface area contributed by atoms with Crippen LogP contribution in [0.15, 0.2) is 82.5 Å². The van der Waals surface area contributed by atoms with Gasteiger partial charge in [0.25, 0.3) is 17.2 Å². The maximum atomic E-state index is 13.7. The van der Waals surface area contributed by atoms with Gasteiger partial charge < -0.3 is 5.32 Å². The lowest BCUT2D eigenvalue weighted by Gasteiger charge is -2.26. The van der Waals surface area contributed by atoms with E-state index < -0.39 is 26.4 Å². The lowest BCUT2D eigenvalue weighted by Crippen LogP contribution is -2.35. The van der Waals surface area contributed by atoms with Crippen molar-refractivity contribution in [2.75, 3.05) is 18.4 Å². The highest BCUT2D eigenvalue weighted by Crippen LogP contribution is 2.23. The van der Waals surface area contributed by atoms with Crippen LogP contribution in [0, 0.1) is 28.4 Å². The highest BCUT2D eigenvalue weighted by atomic mass is 32.2. The Labute approximate surface area is 256 Å². The second kappa shape index (κ2) is 12.8. The summed E-state index contributed by atoms with van der Waals surface area (Å²) in [4.78, 5) is 37.7. The highest BCUT2D eigenvalue weighted by Gasteiger charge is 2.26. The number of thiazole rings is 1. The molecule has 2 heterocycles. The van der Waals surface area contributed by atoms with Gasteiger partial charge in [-0.05, 0) is 73.9 Å². The number of piperidine rings is 1. The topological polar surface area (TPSA) is 155 Å². The van der Waals surface area contributed by atoms with Crippen LogP contribution in [0.5, 0.6) is 0 Å². The fourth-order valence-electron chi connectivity index (χ4n) is 4.80. The maximum absolute atomic E-state index is 13.7. The minimum absolute atomic E-state index is 0.0309. The summed E-state index contributed by atoms with van der Waals surface area (Å²) < 4.78 is 29.3. The number of benzene rings is 3. The molecule has 1 aliphatic rings. The third-order valence-corrected chi connectivity index (χ3v) is 10.1. The van der Waals surface area contributed by atoms with Crippen molar-refractivity contribution in [2.24, 2.45) is 0 Å². The molecule has 44 heavy (non-hydrogen) atoms. The van der Waals surface area contributed by atoms with Gasteiger partial charge in [0.05, 0.1) is 20.0 Å². The van der Waals surface area contributed by atoms with E-state index >= 15 is 0 Å². The fourth-order valence-corrected chi connectivity index (χ4v) is 7.47. The molecule has 1 fully saturated rings. The number of nitrogens with zero attached hydrogens (tertiary/aromatic N) is 4. The molecule has 0 bridgehead atoms. The smallest absolute Gasteiger partial charge is 0.273 e. The first-order valence-electron chi connectivity index (χ1n) is 13.7. The highest BCUT2D eigenvalue weighted by molar-refractivity contribution is 7.89. The number of carbonyl (C=O) groups is 1. The van der Waals surface area contributed by atoms with Gasteiger partial charge in [0, 0.05) is 30.9 Å². The number of nitriles is 1. The number of aromatic nitrogens is 1. The van der Waals surface area contributed by atoms with Crippen LogP contribution in [-0.2, 0) is 14.8 Å². The van der Waals surface area contributed by atoms with Crippen LogP contribution in [0.4, 0.5) is 11.4 Å². The number of rotatable bonds is 7. The van der Waals surface area contributed by atoms with Crippen LogP contribution in [0.25, 0.3) is 17.3 Å². The Morgan fingerprint density at radius 2 is 1.73 bits per heavy atom. The summed E-state index contributed by atoms with van der Waals surface area (Å²) in [6, 6.07) is 20.4. The van der Waals surface area contributed by atoms with E-state index in [0.717, 1.165) is 36.2 Å². The Kier molecular flexibility index (Phi) is 8.86. The van der Waals surface area contributed by atoms with Crippen molar-refractivity contribution >= 4 is 50.3 Å². The predicted octanol–water partition coefficient (Wildman–Crippen LogP) is 3.43. The molecule has 0 radical (unpaired) electrons. The number of nitro benzene ring substituents is 1. The molecule has 0 atom stereocenters. The summed E-state index contributed by atoms with van der Waals surface area (Å²) in [7, 11) is -3.76. The van der Waals surface area contributed by atoms with E-state index in [-0.39, 0.29) is 31.0 Å². The van der Waals surface area contributed by atoms with Crippen molar-refractivity contribution in [3.8, 4) is 11.8 Å². The third kappa shape index (κ3) is 6.37. The summed E-state index contributed by atoms with van der Waals surface area (Å²) >= 11 is 0.926. The van der Waals surface area contributed by atoms with E-state index in [9.17, 15) is 33.4 Å². The van der Waals surface area contributed by atoms with Crippen LogP contribution >= 0.6 is 11.3 Å². The lowest BCUT2D eigenvalue weighted by molar-refractivity contribution is -0.384. The van der Waals surface area contributed by atoms with Gasteiger partial charge in [-0.25, -0.2) is 8.42 Å². The molecule has 0 aliphatic carbocycles. The normalized spacial score (nSPS) is 15.0. The number of hydrogen-bond acceptors (Lipinski definition) is 8. The van der Waals surface area contributed by atoms with E-state index in [2.05, 4.69) is 5.32 Å². The van der Waals surface area contributed by atoms with Gasteiger partial charge in [-0.3, -0.25) is 24.3 Å². The molecule has 5 rings (SSSR count). The Balaban J connectivity index is 1.59. The van der Waals surface area contributed by atoms with Gasteiger partial charge in [0.1, 0.15) is 10.7 Å². The van der Waals surface area contributed by atoms with E-state index in [1.165, 1.54) is 63.5 Å². The molecule has 0 spiro atoms. The first-order chi connectivity index (χ1) is 21.1. The van der Waals surface area contributed by atoms with Gasteiger partial charge in [0.15, 0.2) is 5.57 Å². The number of anilines is 1. The van der Waals surface area contributed by atoms with Crippen molar-refractivity contribution in [2.45, 2.75) is 31.1 Å². The molecule has 0 unspecified atom stereocenters. The van der Waals surface area contributed by atoms with Crippen LogP contribution in [0.2, 0.25) is 0 Å². The molecule has 11 nitrogen and oxygen atoms in total. The van der Waals surface area contributed by atoms with E-state index in [1.54, 1.807) is 24.3 Å². The maximum Gasteiger partial charge on any atom is 0.273 e. The Bertz CT molecular complexity index is 2070. The average Bonchev–Trinajstić information content (AvgIpc) is 3.33. The second-order valence-electron chi connectivity index (χ2n) is 10.2. The summed E-state index contributed by atoms with van der Waals surface area (Å²) in [5.74, 6) is -0.816. The van der Waals surface area contributed by atoms with Crippen molar-refractivity contribution in [3.63, 3.8) is 0 Å². The van der Waals surface area contributed by atoms with Gasteiger partial charge in [-0.15, -0.1) is 11.3 Å². The molecular formula is C31H27N5O6S2. The van der Waals surface area contributed by atoms with Crippen molar-refractivity contribution in [1.29, 1.82) is 5.26 Å². The van der Waals surface area contributed by atoms with E-state index in [4.69, 9.17) is 0 Å². The zero-order valence-corrected chi connectivity index (χ0v) is 25.2. The monoisotopic (exact) mass is 629 g/mol. The number of hydrogen-bond donors (Lipinski definition) is 1. The second-order valence-corrected chi connectivity index (χ2v) is 13.1. The Morgan fingerprint density at radius 1 is 1.05 bits per heavy atom. The molecule has 1 aliphatic heterocycles. The standard InChI is InChI=1S/C31H27N5O6S2/c1-21-8-12-24(13-9-21)35-30(38)28(18-22-10-14-25(15-11-22)36(39)40)43-31(35)27(20-32)29(37)33-23-6-5-7-26(19-23)44(41,42)34-16-3-2-4-17-34/h5-15,18-19H,2-4,16-17H2,1H3,(H,33,37). The number of nitro groups is 1.